The summed E-state index contributed by atoms with van der Waals surface area (Å²) in [6.07, 6.45) is 0. The molecule has 1 aromatic carbocycles. The fraction of sp³-hybridized carbons (Fsp3) is 0.188. The second-order valence-corrected chi connectivity index (χ2v) is 5.50. The van der Waals surface area contributed by atoms with Gasteiger partial charge in [-0.2, -0.15) is 0 Å². The number of hydrogen-bond donors (Lipinski definition) is 2. The Balaban J connectivity index is 2.44. The Morgan fingerprint density at radius 1 is 1.26 bits per heavy atom. The second kappa shape index (κ2) is 6.66. The number of carboxylic acids is 1. The zero-order valence-corrected chi connectivity index (χ0v) is 13.3. The fourth-order valence-electron chi connectivity index (χ4n) is 2.35. The van der Waals surface area contributed by atoms with Gasteiger partial charge >= 0.3 is 5.97 Å². The summed E-state index contributed by atoms with van der Waals surface area (Å²) in [5.41, 5.74) is 0.758. The molecule has 2 aromatic rings. The standard InChI is InChI=1S/C16H15ClN2O4/c1-9-5-3-4-6-11(9)14(16(22)23)19(2)15(21)10-7-12(17)18-13(20)8-10/h3-8,14H,1-2H3,(H,18,20)(H,22,23). The van der Waals surface area contributed by atoms with Gasteiger partial charge in [0.05, 0.1) is 0 Å². The quantitative estimate of drug-likeness (QED) is 0.839. The van der Waals surface area contributed by atoms with Crippen LogP contribution >= 0.6 is 11.6 Å². The lowest BCUT2D eigenvalue weighted by Gasteiger charge is -2.26. The van der Waals surface area contributed by atoms with E-state index in [1.165, 1.54) is 13.1 Å². The predicted octanol–water partition coefficient (Wildman–Crippen LogP) is 2.23. The highest BCUT2D eigenvalue weighted by Gasteiger charge is 2.30. The van der Waals surface area contributed by atoms with Crippen LogP contribution in [0.15, 0.2) is 41.2 Å². The number of likely N-dealkylation sites (N-methyl/N-ethyl adjacent to an activating group) is 1. The number of nitrogens with one attached hydrogen (secondary N) is 1. The Bertz CT molecular complexity index is 816. The minimum absolute atomic E-state index is 0.0111. The Labute approximate surface area is 137 Å². The smallest absolute Gasteiger partial charge is 0.331 e. The first-order valence-corrected chi connectivity index (χ1v) is 7.14. The molecular formula is C16H15ClN2O4. The van der Waals surface area contributed by atoms with Crippen LogP contribution in [-0.2, 0) is 4.79 Å². The number of carboxylic acid groups (broad SMARTS) is 1. The number of carbonyl (C=O) groups is 2. The minimum Gasteiger partial charge on any atom is -0.479 e. The number of H-pyrrole nitrogens is 1. The van der Waals surface area contributed by atoms with Crippen molar-refractivity contribution < 1.29 is 14.7 Å². The van der Waals surface area contributed by atoms with Gasteiger partial charge in [0.2, 0.25) is 5.56 Å². The molecule has 0 saturated carbocycles. The van der Waals surface area contributed by atoms with E-state index in [1.54, 1.807) is 31.2 Å². The molecule has 0 spiro atoms. The van der Waals surface area contributed by atoms with Crippen LogP contribution in [0.1, 0.15) is 27.5 Å². The lowest BCUT2D eigenvalue weighted by atomic mass is 10.00. The first-order valence-electron chi connectivity index (χ1n) is 6.76. The first-order chi connectivity index (χ1) is 10.8. The van der Waals surface area contributed by atoms with E-state index >= 15 is 0 Å². The normalized spacial score (nSPS) is 11.8. The molecule has 23 heavy (non-hydrogen) atoms. The summed E-state index contributed by atoms with van der Waals surface area (Å²) in [6, 6.07) is 8.13. The van der Waals surface area contributed by atoms with Gasteiger partial charge in [-0.05, 0) is 24.1 Å². The van der Waals surface area contributed by atoms with Gasteiger partial charge in [-0.25, -0.2) is 4.79 Å². The number of halogens is 1. The zero-order chi connectivity index (χ0) is 17.1. The summed E-state index contributed by atoms with van der Waals surface area (Å²) in [7, 11) is 1.38. The molecule has 1 aromatic heterocycles. The molecule has 0 aliphatic carbocycles. The average Bonchev–Trinajstić information content (AvgIpc) is 2.47. The van der Waals surface area contributed by atoms with Crippen LogP contribution in [-0.4, -0.2) is 33.9 Å². The molecular weight excluding hydrogens is 320 g/mol. The number of benzene rings is 1. The molecule has 7 heteroatoms. The summed E-state index contributed by atoms with van der Waals surface area (Å²) in [5, 5.41) is 9.55. The van der Waals surface area contributed by atoms with Crippen molar-refractivity contribution in [2.24, 2.45) is 0 Å². The van der Waals surface area contributed by atoms with Crippen molar-refractivity contribution in [1.29, 1.82) is 0 Å². The summed E-state index contributed by atoms with van der Waals surface area (Å²) >= 11 is 5.74. The number of carbonyl (C=O) groups excluding carboxylic acids is 1. The predicted molar refractivity (Wildman–Crippen MR) is 85.7 cm³/mol. The van der Waals surface area contributed by atoms with E-state index < -0.39 is 23.5 Å². The fourth-order valence-corrected chi connectivity index (χ4v) is 2.57. The van der Waals surface area contributed by atoms with Gasteiger partial charge in [-0.15, -0.1) is 0 Å². The lowest BCUT2D eigenvalue weighted by Crippen LogP contribution is -2.36. The third-order valence-corrected chi connectivity index (χ3v) is 3.69. The van der Waals surface area contributed by atoms with Crippen molar-refractivity contribution in [2.45, 2.75) is 13.0 Å². The molecule has 1 unspecified atom stereocenters. The van der Waals surface area contributed by atoms with E-state index in [4.69, 9.17) is 11.6 Å². The van der Waals surface area contributed by atoms with Crippen molar-refractivity contribution in [3.63, 3.8) is 0 Å². The number of aromatic amines is 1. The number of pyridine rings is 1. The molecule has 1 heterocycles. The molecule has 0 radical (unpaired) electrons. The summed E-state index contributed by atoms with van der Waals surface area (Å²) < 4.78 is 0. The van der Waals surface area contributed by atoms with Crippen LogP contribution in [0, 0.1) is 6.92 Å². The van der Waals surface area contributed by atoms with Crippen molar-refractivity contribution >= 4 is 23.5 Å². The molecule has 2 rings (SSSR count). The van der Waals surface area contributed by atoms with E-state index in [1.807, 2.05) is 0 Å². The first kappa shape index (κ1) is 16.8. The second-order valence-electron chi connectivity index (χ2n) is 5.09. The monoisotopic (exact) mass is 334 g/mol. The topological polar surface area (TPSA) is 90.5 Å². The van der Waals surface area contributed by atoms with Crippen molar-refractivity contribution in [3.05, 3.63) is 68.6 Å². The molecule has 2 N–H and O–H groups in total. The highest BCUT2D eigenvalue weighted by Crippen LogP contribution is 2.24. The molecule has 0 fully saturated rings. The van der Waals surface area contributed by atoms with Crippen molar-refractivity contribution in [2.75, 3.05) is 7.05 Å². The van der Waals surface area contributed by atoms with Crippen LogP contribution in [0.5, 0.6) is 0 Å². The average molecular weight is 335 g/mol. The minimum atomic E-state index is -1.17. The molecule has 0 aliphatic heterocycles. The number of aliphatic carboxylic acids is 1. The number of hydrogen-bond acceptors (Lipinski definition) is 3. The molecule has 0 aliphatic rings. The maximum atomic E-state index is 12.5. The molecule has 1 atom stereocenters. The Morgan fingerprint density at radius 3 is 2.48 bits per heavy atom. The van der Waals surface area contributed by atoms with Gasteiger partial charge in [-0.1, -0.05) is 35.9 Å². The Kier molecular flexibility index (Phi) is 4.86. The molecule has 0 bridgehead atoms. The van der Waals surface area contributed by atoms with Gasteiger partial charge in [0.1, 0.15) is 5.15 Å². The van der Waals surface area contributed by atoms with Gasteiger partial charge in [0.25, 0.3) is 5.91 Å². The molecule has 0 saturated heterocycles. The Hall–Kier alpha value is -2.60. The van der Waals surface area contributed by atoms with Gasteiger partial charge in [0.15, 0.2) is 6.04 Å². The highest BCUT2D eigenvalue weighted by molar-refractivity contribution is 6.29. The highest BCUT2D eigenvalue weighted by atomic mass is 35.5. The third kappa shape index (κ3) is 3.60. The number of nitrogens with zero attached hydrogens (tertiary/aromatic N) is 1. The van der Waals surface area contributed by atoms with Gasteiger partial charge < -0.3 is 15.0 Å². The largest absolute Gasteiger partial charge is 0.479 e. The van der Waals surface area contributed by atoms with E-state index in [-0.39, 0.29) is 10.7 Å². The summed E-state index contributed by atoms with van der Waals surface area (Å²) in [5.74, 6) is -1.76. The number of aryl methyl sites for hydroxylation is 1. The third-order valence-electron chi connectivity index (χ3n) is 3.48. The van der Waals surface area contributed by atoms with Crippen LogP contribution in [0.4, 0.5) is 0 Å². The van der Waals surface area contributed by atoms with Crippen LogP contribution in [0.25, 0.3) is 0 Å². The molecule has 1 amide bonds. The van der Waals surface area contributed by atoms with Crippen LogP contribution in [0.3, 0.4) is 0 Å². The van der Waals surface area contributed by atoms with Crippen LogP contribution in [0.2, 0.25) is 5.15 Å². The van der Waals surface area contributed by atoms with Crippen molar-refractivity contribution in [3.8, 4) is 0 Å². The number of rotatable bonds is 4. The summed E-state index contributed by atoms with van der Waals surface area (Å²) in [4.78, 5) is 39.0. The van der Waals surface area contributed by atoms with Gasteiger partial charge in [0, 0.05) is 18.7 Å². The molecule has 6 nitrogen and oxygen atoms in total. The van der Waals surface area contributed by atoms with E-state index in [0.717, 1.165) is 16.5 Å². The van der Waals surface area contributed by atoms with Gasteiger partial charge in [-0.3, -0.25) is 9.59 Å². The van der Waals surface area contributed by atoms with Crippen LogP contribution < -0.4 is 5.56 Å². The van der Waals surface area contributed by atoms with E-state index in [0.29, 0.717) is 5.56 Å². The molecule has 120 valence electrons. The number of aromatic nitrogens is 1. The van der Waals surface area contributed by atoms with E-state index in [2.05, 4.69) is 4.98 Å². The maximum Gasteiger partial charge on any atom is 0.331 e. The number of amides is 1. The lowest BCUT2D eigenvalue weighted by molar-refractivity contribution is -0.142. The van der Waals surface area contributed by atoms with Crippen molar-refractivity contribution in [1.82, 2.24) is 9.88 Å². The Morgan fingerprint density at radius 2 is 1.91 bits per heavy atom. The maximum absolute atomic E-state index is 12.5. The van der Waals surface area contributed by atoms with E-state index in [9.17, 15) is 19.5 Å². The zero-order valence-electron chi connectivity index (χ0n) is 12.5. The summed E-state index contributed by atoms with van der Waals surface area (Å²) in [6.45, 7) is 1.77. The SMILES string of the molecule is Cc1ccccc1C(C(=O)O)N(C)C(=O)c1cc(Cl)[nH]c(=O)c1.